The van der Waals surface area contributed by atoms with Gasteiger partial charge in [-0.25, -0.2) is 0 Å². The van der Waals surface area contributed by atoms with Crippen molar-refractivity contribution < 1.29 is 14.6 Å². The van der Waals surface area contributed by atoms with E-state index in [9.17, 15) is 5.11 Å². The van der Waals surface area contributed by atoms with Gasteiger partial charge in [-0.1, -0.05) is 0 Å². The summed E-state index contributed by atoms with van der Waals surface area (Å²) in [4.78, 5) is 2.28. The lowest BCUT2D eigenvalue weighted by molar-refractivity contribution is -0.163. The van der Waals surface area contributed by atoms with E-state index in [4.69, 9.17) is 9.47 Å². The highest BCUT2D eigenvalue weighted by molar-refractivity contribution is 4.86. The topological polar surface area (TPSA) is 41.9 Å². The summed E-state index contributed by atoms with van der Waals surface area (Å²) in [6, 6.07) is 0. The predicted octanol–water partition coefficient (Wildman–Crippen LogP) is 0.739. The summed E-state index contributed by atoms with van der Waals surface area (Å²) in [5.41, 5.74) is 0. The molecule has 3 aliphatic rings. The summed E-state index contributed by atoms with van der Waals surface area (Å²) in [5.74, 6) is -0.233. The van der Waals surface area contributed by atoms with Gasteiger partial charge >= 0.3 is 0 Å². The summed E-state index contributed by atoms with van der Waals surface area (Å²) < 4.78 is 11.9. The zero-order valence-electron chi connectivity index (χ0n) is 9.73. The molecule has 1 unspecified atom stereocenters. The first-order chi connectivity index (χ1) is 7.76. The third-order valence-electron chi connectivity index (χ3n) is 3.99. The van der Waals surface area contributed by atoms with E-state index in [1.807, 2.05) is 0 Å². The quantitative estimate of drug-likeness (QED) is 0.755. The van der Waals surface area contributed by atoms with Crippen molar-refractivity contribution in [3.63, 3.8) is 0 Å². The zero-order chi connectivity index (χ0) is 11.0. The van der Waals surface area contributed by atoms with Crippen LogP contribution in [0.2, 0.25) is 0 Å². The molecule has 0 aromatic heterocycles. The fraction of sp³-hybridized carbons (Fsp3) is 1.00. The molecule has 1 aliphatic carbocycles. The normalized spacial score (nSPS) is 38.8. The molecule has 2 atom stereocenters. The van der Waals surface area contributed by atoms with Crippen molar-refractivity contribution >= 4 is 0 Å². The molecule has 4 heteroatoms. The summed E-state index contributed by atoms with van der Waals surface area (Å²) in [6.07, 6.45) is 5.56. The Bertz CT molecular complexity index is 253. The van der Waals surface area contributed by atoms with Crippen molar-refractivity contribution in [2.75, 3.05) is 26.2 Å². The van der Waals surface area contributed by atoms with E-state index in [1.165, 1.54) is 12.8 Å². The number of β-amino-alcohol motifs (C(OH)–C–C–N with tert-alkyl or cyclic N) is 1. The van der Waals surface area contributed by atoms with Gasteiger partial charge in [0.25, 0.3) is 0 Å². The summed E-state index contributed by atoms with van der Waals surface area (Å²) >= 11 is 0. The van der Waals surface area contributed by atoms with Gasteiger partial charge in [-0.3, -0.25) is 4.90 Å². The van der Waals surface area contributed by atoms with Crippen LogP contribution in [0.3, 0.4) is 0 Å². The molecule has 2 saturated heterocycles. The molecule has 92 valence electrons. The third kappa shape index (κ3) is 2.12. The number of aliphatic hydroxyl groups excluding tert-OH is 1. The zero-order valence-corrected chi connectivity index (χ0v) is 9.73. The molecule has 1 saturated carbocycles. The number of hydrogen-bond donors (Lipinski definition) is 1. The van der Waals surface area contributed by atoms with Crippen molar-refractivity contribution in [3.05, 3.63) is 0 Å². The Hall–Kier alpha value is -0.160. The molecule has 0 radical (unpaired) electrons. The van der Waals surface area contributed by atoms with Gasteiger partial charge in [0.1, 0.15) is 0 Å². The number of likely N-dealkylation sites (tertiary alicyclic amines) is 1. The second kappa shape index (κ2) is 4.26. The molecule has 4 nitrogen and oxygen atoms in total. The smallest absolute Gasteiger partial charge is 0.168 e. The number of nitrogens with zero attached hydrogens (tertiary/aromatic N) is 1. The predicted molar refractivity (Wildman–Crippen MR) is 59.1 cm³/mol. The second-order valence-corrected chi connectivity index (χ2v) is 5.37. The largest absolute Gasteiger partial charge is 0.392 e. The number of rotatable bonds is 2. The first kappa shape index (κ1) is 11.0. The first-order valence-corrected chi connectivity index (χ1v) is 6.48. The standard InChI is InChI=1S/C12H21NO3/c14-10-3-6-13(7-10)8-11-9-15-12(16-11)4-1-2-5-12/h10-11,14H,1-9H2/t10-,11?/m1/s1. The molecule has 1 spiro atoms. The maximum Gasteiger partial charge on any atom is 0.168 e. The van der Waals surface area contributed by atoms with Crippen LogP contribution in [0, 0.1) is 0 Å². The molecular formula is C12H21NO3. The number of hydrogen-bond acceptors (Lipinski definition) is 4. The molecule has 2 heterocycles. The minimum Gasteiger partial charge on any atom is -0.392 e. The molecule has 0 aromatic carbocycles. The summed E-state index contributed by atoms with van der Waals surface area (Å²) in [6.45, 7) is 3.44. The highest BCUT2D eigenvalue weighted by atomic mass is 16.7. The van der Waals surface area contributed by atoms with Gasteiger partial charge in [0.2, 0.25) is 0 Å². The maximum absolute atomic E-state index is 9.46. The fourth-order valence-electron chi connectivity index (χ4n) is 3.15. The molecule has 1 N–H and O–H groups in total. The van der Waals surface area contributed by atoms with Crippen molar-refractivity contribution in [2.45, 2.75) is 50.1 Å². The molecule has 3 fully saturated rings. The van der Waals surface area contributed by atoms with Crippen LogP contribution in [-0.4, -0.2) is 54.2 Å². The van der Waals surface area contributed by atoms with Crippen molar-refractivity contribution in [1.29, 1.82) is 0 Å². The number of ether oxygens (including phenoxy) is 2. The Morgan fingerprint density at radius 3 is 2.81 bits per heavy atom. The van der Waals surface area contributed by atoms with Crippen molar-refractivity contribution in [3.8, 4) is 0 Å². The first-order valence-electron chi connectivity index (χ1n) is 6.48. The minimum absolute atomic E-state index is 0.136. The van der Waals surface area contributed by atoms with Gasteiger partial charge in [-0.05, 0) is 19.3 Å². The molecule has 3 rings (SSSR count). The van der Waals surface area contributed by atoms with Gasteiger partial charge in [0.15, 0.2) is 5.79 Å². The molecule has 0 aromatic rings. The van der Waals surface area contributed by atoms with E-state index < -0.39 is 0 Å². The van der Waals surface area contributed by atoms with E-state index >= 15 is 0 Å². The highest BCUT2D eigenvalue weighted by Gasteiger charge is 2.44. The van der Waals surface area contributed by atoms with Crippen molar-refractivity contribution in [2.24, 2.45) is 0 Å². The Kier molecular flexibility index (Phi) is 2.92. The van der Waals surface area contributed by atoms with E-state index in [0.29, 0.717) is 0 Å². The molecule has 0 bridgehead atoms. The van der Waals surface area contributed by atoms with Crippen molar-refractivity contribution in [1.82, 2.24) is 4.90 Å². The average Bonchev–Trinajstić information content (AvgIpc) is 2.94. The van der Waals surface area contributed by atoms with E-state index in [-0.39, 0.29) is 18.0 Å². The highest BCUT2D eigenvalue weighted by Crippen LogP contribution is 2.39. The van der Waals surface area contributed by atoms with Gasteiger partial charge in [-0.2, -0.15) is 0 Å². The SMILES string of the molecule is O[C@@H]1CCN(CC2COC3(CCCC3)O2)C1. The Labute approximate surface area is 96.5 Å². The van der Waals surface area contributed by atoms with Crippen LogP contribution in [0.1, 0.15) is 32.1 Å². The second-order valence-electron chi connectivity index (χ2n) is 5.37. The minimum atomic E-state index is -0.233. The lowest BCUT2D eigenvalue weighted by atomic mass is 10.2. The lowest BCUT2D eigenvalue weighted by Crippen LogP contribution is -2.34. The Morgan fingerprint density at radius 2 is 2.12 bits per heavy atom. The molecule has 2 aliphatic heterocycles. The Morgan fingerprint density at radius 1 is 1.31 bits per heavy atom. The van der Waals surface area contributed by atoms with E-state index in [0.717, 1.165) is 45.5 Å². The lowest BCUT2D eigenvalue weighted by Gasteiger charge is -2.23. The maximum atomic E-state index is 9.46. The van der Waals surface area contributed by atoms with Crippen LogP contribution in [0.15, 0.2) is 0 Å². The average molecular weight is 227 g/mol. The van der Waals surface area contributed by atoms with E-state index in [2.05, 4.69) is 4.90 Å². The van der Waals surface area contributed by atoms with Gasteiger partial charge < -0.3 is 14.6 Å². The number of aliphatic hydroxyl groups is 1. The van der Waals surface area contributed by atoms with E-state index in [1.54, 1.807) is 0 Å². The molecule has 16 heavy (non-hydrogen) atoms. The summed E-state index contributed by atoms with van der Waals surface area (Å²) in [7, 11) is 0. The van der Waals surface area contributed by atoms with Crippen LogP contribution in [0.5, 0.6) is 0 Å². The fourth-order valence-corrected chi connectivity index (χ4v) is 3.15. The van der Waals surface area contributed by atoms with Crippen LogP contribution in [0.25, 0.3) is 0 Å². The van der Waals surface area contributed by atoms with Crippen LogP contribution in [-0.2, 0) is 9.47 Å². The van der Waals surface area contributed by atoms with Gasteiger partial charge in [-0.15, -0.1) is 0 Å². The van der Waals surface area contributed by atoms with Gasteiger partial charge in [0.05, 0.1) is 18.8 Å². The molecular weight excluding hydrogens is 206 g/mol. The van der Waals surface area contributed by atoms with Crippen LogP contribution in [0.4, 0.5) is 0 Å². The Balaban J connectivity index is 1.50. The van der Waals surface area contributed by atoms with Gasteiger partial charge in [0, 0.05) is 32.5 Å². The summed E-state index contributed by atoms with van der Waals surface area (Å²) in [5, 5.41) is 9.46. The van der Waals surface area contributed by atoms with Crippen LogP contribution >= 0.6 is 0 Å². The van der Waals surface area contributed by atoms with Crippen LogP contribution < -0.4 is 0 Å². The monoisotopic (exact) mass is 227 g/mol. The molecule has 0 amide bonds. The third-order valence-corrected chi connectivity index (χ3v) is 3.99.